The molecule has 0 radical (unpaired) electrons. The van der Waals surface area contributed by atoms with Crippen LogP contribution in [0.4, 0.5) is 0 Å². The zero-order valence-electron chi connectivity index (χ0n) is 13.2. The van der Waals surface area contributed by atoms with Crippen molar-refractivity contribution >= 4 is 11.3 Å². The molecule has 21 heavy (non-hydrogen) atoms. The van der Waals surface area contributed by atoms with Gasteiger partial charge in [0.2, 0.25) is 0 Å². The molecule has 1 N–H and O–H groups in total. The van der Waals surface area contributed by atoms with Crippen molar-refractivity contribution in [1.29, 1.82) is 0 Å². The second-order valence-electron chi connectivity index (χ2n) is 7.85. The minimum Gasteiger partial charge on any atom is -0.314 e. The zero-order valence-corrected chi connectivity index (χ0v) is 14.0. The van der Waals surface area contributed by atoms with E-state index in [0.717, 1.165) is 42.6 Å². The van der Waals surface area contributed by atoms with Crippen LogP contribution < -0.4 is 5.32 Å². The van der Waals surface area contributed by atoms with Crippen molar-refractivity contribution in [1.82, 2.24) is 15.5 Å². The Morgan fingerprint density at radius 3 is 2.33 bits per heavy atom. The fraction of sp³-hybridized carbons (Fsp3) is 0.882. The highest BCUT2D eigenvalue weighted by molar-refractivity contribution is 7.11. The molecule has 4 saturated carbocycles. The molecule has 116 valence electrons. The van der Waals surface area contributed by atoms with Crippen LogP contribution in [0.3, 0.4) is 0 Å². The van der Waals surface area contributed by atoms with Gasteiger partial charge in [-0.15, -0.1) is 21.5 Å². The summed E-state index contributed by atoms with van der Waals surface area (Å²) in [6.07, 6.45) is 8.46. The van der Waals surface area contributed by atoms with E-state index in [4.69, 9.17) is 0 Å². The van der Waals surface area contributed by atoms with Gasteiger partial charge in [0.15, 0.2) is 0 Å². The fourth-order valence-corrected chi connectivity index (χ4v) is 6.43. The Kier molecular flexibility index (Phi) is 3.78. The van der Waals surface area contributed by atoms with Crippen LogP contribution in [0, 0.1) is 23.7 Å². The van der Waals surface area contributed by atoms with Crippen LogP contribution in [0.15, 0.2) is 0 Å². The lowest BCUT2D eigenvalue weighted by Gasteiger charge is -2.53. The predicted molar refractivity (Wildman–Crippen MR) is 86.5 cm³/mol. The third kappa shape index (κ3) is 2.77. The minimum atomic E-state index is 0.557. The molecular weight excluding hydrogens is 278 g/mol. The van der Waals surface area contributed by atoms with E-state index in [2.05, 4.69) is 29.4 Å². The molecule has 1 heterocycles. The van der Waals surface area contributed by atoms with Gasteiger partial charge < -0.3 is 5.32 Å². The Balaban J connectivity index is 1.43. The third-order valence-corrected chi connectivity index (χ3v) is 6.97. The first-order valence-electron chi connectivity index (χ1n) is 8.74. The first-order chi connectivity index (χ1) is 10.2. The maximum atomic E-state index is 4.60. The maximum absolute atomic E-state index is 4.60. The Labute approximate surface area is 131 Å². The second-order valence-corrected chi connectivity index (χ2v) is 8.94. The summed E-state index contributed by atoms with van der Waals surface area (Å²) in [6, 6.07) is 0.557. The smallest absolute Gasteiger partial charge is 0.121 e. The van der Waals surface area contributed by atoms with Crippen LogP contribution >= 0.6 is 11.3 Å². The molecule has 3 nitrogen and oxygen atoms in total. The van der Waals surface area contributed by atoms with Crippen LogP contribution in [0.25, 0.3) is 0 Å². The van der Waals surface area contributed by atoms with Crippen LogP contribution in [0.5, 0.6) is 0 Å². The lowest BCUT2D eigenvalue weighted by atomic mass is 9.52. The van der Waals surface area contributed by atoms with Crippen molar-refractivity contribution in [3.05, 3.63) is 10.0 Å². The molecule has 0 aromatic carbocycles. The molecule has 4 aliphatic carbocycles. The van der Waals surface area contributed by atoms with Crippen LogP contribution in [0.1, 0.15) is 61.9 Å². The highest BCUT2D eigenvalue weighted by Crippen LogP contribution is 2.59. The summed E-state index contributed by atoms with van der Waals surface area (Å²) >= 11 is 1.90. The van der Waals surface area contributed by atoms with Crippen molar-refractivity contribution in [2.24, 2.45) is 23.7 Å². The lowest BCUT2D eigenvalue weighted by Crippen LogP contribution is -2.43. The third-order valence-electron chi connectivity index (χ3n) is 5.89. The van der Waals surface area contributed by atoms with Gasteiger partial charge in [-0.3, -0.25) is 0 Å². The first kappa shape index (κ1) is 14.1. The molecule has 4 aliphatic rings. The summed E-state index contributed by atoms with van der Waals surface area (Å²) < 4.78 is 0. The number of hydrogen-bond acceptors (Lipinski definition) is 4. The summed E-state index contributed by atoms with van der Waals surface area (Å²) in [7, 11) is 0. The predicted octanol–water partition coefficient (Wildman–Crippen LogP) is 3.62. The van der Waals surface area contributed by atoms with Crippen molar-refractivity contribution in [2.45, 2.75) is 64.3 Å². The number of aromatic nitrogens is 2. The van der Waals surface area contributed by atoms with Crippen LogP contribution in [-0.2, 0) is 6.42 Å². The fourth-order valence-electron chi connectivity index (χ4n) is 5.30. The standard InChI is InChI=1S/C17H27N3S/c1-10(2)18-4-3-15-19-20-17(21-15)16-13-6-11-5-12(8-13)9-14(16)7-11/h10-14,16,18H,3-9H2,1-2H3. The van der Waals surface area contributed by atoms with E-state index in [1.165, 1.54) is 42.1 Å². The molecule has 4 bridgehead atoms. The molecule has 4 heteroatoms. The van der Waals surface area contributed by atoms with Gasteiger partial charge in [-0.05, 0) is 55.8 Å². The lowest BCUT2D eigenvalue weighted by molar-refractivity contribution is -0.00303. The Bertz CT molecular complexity index is 468. The van der Waals surface area contributed by atoms with Crippen LogP contribution in [0.2, 0.25) is 0 Å². The molecule has 0 amide bonds. The van der Waals surface area contributed by atoms with Gasteiger partial charge in [-0.1, -0.05) is 13.8 Å². The molecule has 4 fully saturated rings. The van der Waals surface area contributed by atoms with E-state index < -0.39 is 0 Å². The van der Waals surface area contributed by atoms with Gasteiger partial charge in [-0.2, -0.15) is 0 Å². The van der Waals surface area contributed by atoms with Gasteiger partial charge >= 0.3 is 0 Å². The second kappa shape index (κ2) is 5.62. The van der Waals surface area contributed by atoms with Gasteiger partial charge in [0, 0.05) is 24.9 Å². The Morgan fingerprint density at radius 1 is 1.05 bits per heavy atom. The van der Waals surface area contributed by atoms with Gasteiger partial charge in [0.1, 0.15) is 10.0 Å². The summed E-state index contributed by atoms with van der Waals surface area (Å²) in [6.45, 7) is 5.41. The molecule has 0 atom stereocenters. The Hall–Kier alpha value is -0.480. The highest BCUT2D eigenvalue weighted by Gasteiger charge is 2.49. The largest absolute Gasteiger partial charge is 0.314 e. The van der Waals surface area contributed by atoms with E-state index in [1.807, 2.05) is 11.3 Å². The summed E-state index contributed by atoms with van der Waals surface area (Å²) in [5.74, 6) is 4.70. The number of nitrogens with zero attached hydrogens (tertiary/aromatic N) is 2. The topological polar surface area (TPSA) is 37.8 Å². The number of nitrogens with one attached hydrogen (secondary N) is 1. The summed E-state index contributed by atoms with van der Waals surface area (Å²) in [5, 5.41) is 15.1. The molecule has 1 aromatic rings. The average Bonchev–Trinajstić information content (AvgIpc) is 2.85. The van der Waals surface area contributed by atoms with Crippen molar-refractivity contribution < 1.29 is 0 Å². The quantitative estimate of drug-likeness (QED) is 0.903. The number of hydrogen-bond donors (Lipinski definition) is 1. The van der Waals surface area contributed by atoms with Gasteiger partial charge in [0.05, 0.1) is 0 Å². The molecule has 0 saturated heterocycles. The zero-order chi connectivity index (χ0) is 14.4. The van der Waals surface area contributed by atoms with E-state index >= 15 is 0 Å². The van der Waals surface area contributed by atoms with Crippen molar-refractivity contribution in [2.75, 3.05) is 6.54 Å². The summed E-state index contributed by atoms with van der Waals surface area (Å²) in [4.78, 5) is 0. The molecule has 5 rings (SSSR count). The van der Waals surface area contributed by atoms with Gasteiger partial charge in [0.25, 0.3) is 0 Å². The minimum absolute atomic E-state index is 0.557. The van der Waals surface area contributed by atoms with E-state index in [0.29, 0.717) is 6.04 Å². The molecule has 0 unspecified atom stereocenters. The van der Waals surface area contributed by atoms with Crippen LogP contribution in [-0.4, -0.2) is 22.8 Å². The van der Waals surface area contributed by atoms with Crippen molar-refractivity contribution in [3.8, 4) is 0 Å². The molecule has 0 spiro atoms. The van der Waals surface area contributed by atoms with Gasteiger partial charge in [-0.25, -0.2) is 0 Å². The SMILES string of the molecule is CC(C)NCCc1nnc(C2C3CC4CC(C3)CC2C4)s1. The average molecular weight is 305 g/mol. The van der Waals surface area contributed by atoms with E-state index in [-0.39, 0.29) is 0 Å². The van der Waals surface area contributed by atoms with E-state index in [9.17, 15) is 0 Å². The maximum Gasteiger partial charge on any atom is 0.121 e. The Morgan fingerprint density at radius 2 is 1.71 bits per heavy atom. The monoisotopic (exact) mass is 305 g/mol. The highest BCUT2D eigenvalue weighted by atomic mass is 32.1. The molecule has 0 aliphatic heterocycles. The first-order valence-corrected chi connectivity index (χ1v) is 9.56. The normalized spacial score (nSPS) is 37.6. The summed E-state index contributed by atoms with van der Waals surface area (Å²) in [5.41, 5.74) is 0. The number of rotatable bonds is 5. The van der Waals surface area contributed by atoms with Crippen molar-refractivity contribution in [3.63, 3.8) is 0 Å². The van der Waals surface area contributed by atoms with E-state index in [1.54, 1.807) is 0 Å². The molecular formula is C17H27N3S. The molecule has 1 aromatic heterocycles.